The summed E-state index contributed by atoms with van der Waals surface area (Å²) >= 11 is 0. The summed E-state index contributed by atoms with van der Waals surface area (Å²) in [5, 5.41) is 14.0. The summed E-state index contributed by atoms with van der Waals surface area (Å²) in [7, 11) is 1.58. The van der Waals surface area contributed by atoms with Crippen LogP contribution < -0.4 is 5.32 Å². The Kier molecular flexibility index (Phi) is 57.9. The summed E-state index contributed by atoms with van der Waals surface area (Å²) < 4.78 is 23.8. The van der Waals surface area contributed by atoms with E-state index >= 15 is 0 Å². The highest BCUT2D eigenvalue weighted by molar-refractivity contribution is 7.47. The van der Waals surface area contributed by atoms with Crippen molar-refractivity contribution in [2.24, 2.45) is 0 Å². The molecule has 77 heavy (non-hydrogen) atoms. The van der Waals surface area contributed by atoms with Crippen molar-refractivity contribution in [1.29, 1.82) is 0 Å². The van der Waals surface area contributed by atoms with E-state index in [1.807, 2.05) is 27.2 Å². The van der Waals surface area contributed by atoms with Gasteiger partial charge in [0.2, 0.25) is 5.91 Å². The Labute approximate surface area is 479 Å². The third kappa shape index (κ3) is 61.9. The van der Waals surface area contributed by atoms with Gasteiger partial charge in [0, 0.05) is 6.42 Å². The molecule has 0 aromatic carbocycles. The van der Waals surface area contributed by atoms with Gasteiger partial charge in [0.05, 0.1) is 39.9 Å². The lowest BCUT2D eigenvalue weighted by Gasteiger charge is -2.25. The van der Waals surface area contributed by atoms with Crippen molar-refractivity contribution >= 4 is 13.7 Å². The number of likely N-dealkylation sites (N-methyl/N-ethyl adjacent to an activating group) is 1. The largest absolute Gasteiger partial charge is 0.472 e. The zero-order valence-electron chi connectivity index (χ0n) is 52.0. The van der Waals surface area contributed by atoms with Gasteiger partial charge in [0.1, 0.15) is 13.2 Å². The van der Waals surface area contributed by atoms with E-state index in [1.165, 1.54) is 257 Å². The first kappa shape index (κ1) is 75.5. The fourth-order valence-electron chi connectivity index (χ4n) is 10.1. The second-order valence-corrected chi connectivity index (χ2v) is 25.7. The van der Waals surface area contributed by atoms with Crippen LogP contribution in [0.1, 0.15) is 328 Å². The zero-order chi connectivity index (χ0) is 56.3. The summed E-state index contributed by atoms with van der Waals surface area (Å²) in [5.74, 6) is -0.173. The molecule has 8 nitrogen and oxygen atoms in total. The molecule has 0 radical (unpaired) electrons. The number of aliphatic hydroxyl groups excluding tert-OH is 1. The topological polar surface area (TPSA) is 105 Å². The first-order valence-corrected chi connectivity index (χ1v) is 35.0. The third-order valence-electron chi connectivity index (χ3n) is 15.3. The van der Waals surface area contributed by atoms with E-state index in [-0.39, 0.29) is 19.1 Å². The van der Waals surface area contributed by atoms with E-state index in [0.29, 0.717) is 17.4 Å². The smallest absolute Gasteiger partial charge is 0.387 e. The first-order chi connectivity index (χ1) is 37.5. The average molecular weight is 1100 g/mol. The molecule has 0 aromatic heterocycles. The number of rotatable bonds is 62. The molecule has 454 valence electrons. The minimum absolute atomic E-state index is 0.0622. The first-order valence-electron chi connectivity index (χ1n) is 33.5. The third-order valence-corrected chi connectivity index (χ3v) is 16.3. The van der Waals surface area contributed by atoms with Crippen molar-refractivity contribution in [3.63, 3.8) is 0 Å². The Morgan fingerprint density at radius 2 is 0.740 bits per heavy atom. The van der Waals surface area contributed by atoms with Gasteiger partial charge in [-0.25, -0.2) is 4.57 Å². The maximum atomic E-state index is 13.0. The number of phosphoric ester groups is 1. The number of hydrogen-bond donors (Lipinski definition) is 3. The lowest BCUT2D eigenvalue weighted by atomic mass is 10.0. The van der Waals surface area contributed by atoms with Crippen LogP contribution in [-0.2, 0) is 18.4 Å². The molecule has 0 saturated carbocycles. The van der Waals surface area contributed by atoms with Gasteiger partial charge in [-0.05, 0) is 57.8 Å². The van der Waals surface area contributed by atoms with E-state index in [4.69, 9.17) is 9.05 Å². The second-order valence-electron chi connectivity index (χ2n) is 24.2. The molecule has 0 fully saturated rings. The second kappa shape index (κ2) is 59.1. The van der Waals surface area contributed by atoms with Crippen molar-refractivity contribution in [3.05, 3.63) is 48.6 Å². The molecule has 0 aromatic rings. The standard InChI is InChI=1S/C68H131N2O6P/c1-6-8-10-12-14-16-18-20-22-24-26-28-30-32-33-34-35-36-37-38-40-42-44-46-48-50-52-54-56-58-60-62-68(72)69-66(65-76-77(73,74)75-64-63-70(3,4)5)67(71)61-59-57-55-53-51-49-47-45-43-41-39-31-29-27-25-23-21-19-17-15-13-11-9-7-2/h18,20,24,26,30,32,59,61,66-67,71H,6-17,19,21-23,25,27-29,31,33-58,60,62-65H2,1-5H3,(H-,69,72,73,74)/p+1/b20-18-,26-24-,32-30-,61-59+. The van der Waals surface area contributed by atoms with Gasteiger partial charge in [-0.1, -0.05) is 313 Å². The number of quaternary nitrogens is 1. The van der Waals surface area contributed by atoms with Crippen LogP contribution >= 0.6 is 7.82 Å². The molecule has 0 heterocycles. The van der Waals surface area contributed by atoms with Gasteiger partial charge in [-0.3, -0.25) is 13.8 Å². The Hall–Kier alpha value is -1.54. The number of carbonyl (C=O) groups excluding carboxylic acids is 1. The molecule has 3 N–H and O–H groups in total. The number of hydrogen-bond acceptors (Lipinski definition) is 5. The van der Waals surface area contributed by atoms with Crippen molar-refractivity contribution < 1.29 is 32.9 Å². The van der Waals surface area contributed by atoms with E-state index in [0.717, 1.165) is 51.4 Å². The molecular weight excluding hydrogens is 972 g/mol. The molecule has 0 saturated heterocycles. The number of unbranched alkanes of at least 4 members (excludes halogenated alkanes) is 43. The molecule has 0 spiro atoms. The van der Waals surface area contributed by atoms with E-state index in [9.17, 15) is 19.4 Å². The molecule has 1 amide bonds. The Morgan fingerprint density at radius 3 is 1.08 bits per heavy atom. The van der Waals surface area contributed by atoms with Crippen LogP contribution in [0.5, 0.6) is 0 Å². The number of carbonyl (C=O) groups is 1. The molecular formula is C68H132N2O6P+. The van der Waals surface area contributed by atoms with Crippen LogP contribution in [0.25, 0.3) is 0 Å². The Balaban J connectivity index is 4.09. The zero-order valence-corrected chi connectivity index (χ0v) is 52.9. The van der Waals surface area contributed by atoms with Gasteiger partial charge in [0.15, 0.2) is 0 Å². The highest BCUT2D eigenvalue weighted by Gasteiger charge is 2.28. The van der Waals surface area contributed by atoms with E-state index in [2.05, 4.69) is 55.6 Å². The minimum Gasteiger partial charge on any atom is -0.387 e. The van der Waals surface area contributed by atoms with Gasteiger partial charge in [-0.2, -0.15) is 0 Å². The minimum atomic E-state index is -4.35. The highest BCUT2D eigenvalue weighted by Crippen LogP contribution is 2.43. The monoisotopic (exact) mass is 1100 g/mol. The van der Waals surface area contributed by atoms with Gasteiger partial charge in [-0.15, -0.1) is 0 Å². The molecule has 0 aliphatic carbocycles. The number of phosphoric acid groups is 1. The lowest BCUT2D eigenvalue weighted by molar-refractivity contribution is -0.870. The lowest BCUT2D eigenvalue weighted by Crippen LogP contribution is -2.45. The van der Waals surface area contributed by atoms with Crippen LogP contribution in [0, 0.1) is 0 Å². The van der Waals surface area contributed by atoms with Crippen LogP contribution in [0.4, 0.5) is 0 Å². The van der Waals surface area contributed by atoms with Crippen LogP contribution in [0.15, 0.2) is 48.6 Å². The molecule has 0 rings (SSSR count). The summed E-state index contributed by atoms with van der Waals surface area (Å²) in [5.41, 5.74) is 0. The summed E-state index contributed by atoms with van der Waals surface area (Å²) in [6.45, 7) is 4.85. The van der Waals surface area contributed by atoms with Crippen molar-refractivity contribution in [2.75, 3.05) is 40.9 Å². The van der Waals surface area contributed by atoms with Crippen LogP contribution in [-0.4, -0.2) is 73.4 Å². The SMILES string of the molecule is CCCCCCC/C=C\C/C=C\C/C=C\CCCCCCCCCCCCCCCCCCC(=O)NC(COP(=O)(O)OCC[N+](C)(C)C)C(O)/C=C/CCCCCCCCCCCCCCCCCCCCCCCC. The van der Waals surface area contributed by atoms with Gasteiger partial charge in [0.25, 0.3) is 0 Å². The Bertz CT molecular complexity index is 1390. The summed E-state index contributed by atoms with van der Waals surface area (Å²) in [6.07, 6.45) is 79.5. The van der Waals surface area contributed by atoms with Crippen LogP contribution in [0.2, 0.25) is 0 Å². The maximum absolute atomic E-state index is 13.0. The van der Waals surface area contributed by atoms with Crippen molar-refractivity contribution in [2.45, 2.75) is 341 Å². The molecule has 0 aliphatic rings. The fourth-order valence-corrected chi connectivity index (χ4v) is 10.8. The molecule has 0 aliphatic heterocycles. The van der Waals surface area contributed by atoms with Crippen LogP contribution in [0.3, 0.4) is 0 Å². The molecule has 9 heteroatoms. The van der Waals surface area contributed by atoms with Gasteiger partial charge < -0.3 is 19.8 Å². The van der Waals surface area contributed by atoms with Crippen molar-refractivity contribution in [3.8, 4) is 0 Å². The predicted octanol–water partition coefficient (Wildman–Crippen LogP) is 21.1. The molecule has 0 bridgehead atoms. The molecule has 3 unspecified atom stereocenters. The summed E-state index contributed by atoms with van der Waals surface area (Å²) in [6, 6.07) is -0.848. The number of allylic oxidation sites excluding steroid dienone is 7. The predicted molar refractivity (Wildman–Crippen MR) is 337 cm³/mol. The highest BCUT2D eigenvalue weighted by atomic mass is 31.2. The fraction of sp³-hybridized carbons (Fsp3) is 0.868. The number of amides is 1. The Morgan fingerprint density at radius 1 is 0.442 bits per heavy atom. The quantitative estimate of drug-likeness (QED) is 0.0243. The maximum Gasteiger partial charge on any atom is 0.472 e. The normalized spacial score (nSPS) is 14.0. The average Bonchev–Trinajstić information content (AvgIpc) is 3.39. The van der Waals surface area contributed by atoms with E-state index < -0.39 is 20.0 Å². The van der Waals surface area contributed by atoms with E-state index in [1.54, 1.807) is 6.08 Å². The number of nitrogens with one attached hydrogen (secondary N) is 1. The number of nitrogens with zero attached hydrogens (tertiary/aromatic N) is 1. The van der Waals surface area contributed by atoms with Crippen molar-refractivity contribution in [1.82, 2.24) is 5.32 Å². The number of aliphatic hydroxyl groups is 1. The van der Waals surface area contributed by atoms with Gasteiger partial charge >= 0.3 is 7.82 Å². The molecule has 3 atom stereocenters. The summed E-state index contributed by atoms with van der Waals surface area (Å²) in [4.78, 5) is 23.4.